The number of aryl methyl sites for hydroxylation is 1. The monoisotopic (exact) mass is 382 g/mol. The van der Waals surface area contributed by atoms with Crippen molar-refractivity contribution >= 4 is 28.2 Å². The number of nitro benzene ring substituents is 1. The number of piperazine rings is 1. The van der Waals surface area contributed by atoms with Crippen molar-refractivity contribution in [3.8, 4) is 0 Å². The number of fused-ring (bicyclic) bond motifs is 1. The first kappa shape index (κ1) is 18.7. The van der Waals surface area contributed by atoms with Gasteiger partial charge in [0, 0.05) is 54.9 Å². The van der Waals surface area contributed by atoms with Crippen molar-refractivity contribution in [2.45, 2.75) is 39.0 Å². The molecule has 2 aliphatic rings. The van der Waals surface area contributed by atoms with Gasteiger partial charge in [0.05, 0.1) is 4.92 Å². The van der Waals surface area contributed by atoms with Gasteiger partial charge in [-0.2, -0.15) is 0 Å². The summed E-state index contributed by atoms with van der Waals surface area (Å²) in [5.41, 5.74) is 2.20. The van der Waals surface area contributed by atoms with E-state index in [0.717, 1.165) is 55.5 Å². The number of para-hydroxylation sites is 1. The van der Waals surface area contributed by atoms with E-state index < -0.39 is 0 Å². The van der Waals surface area contributed by atoms with Gasteiger partial charge in [0.15, 0.2) is 5.52 Å². The molecule has 0 spiro atoms. The lowest BCUT2D eigenvalue weighted by atomic mass is 9.88. The maximum absolute atomic E-state index is 12.8. The van der Waals surface area contributed by atoms with Gasteiger partial charge in [-0.25, -0.2) is 4.98 Å². The lowest BCUT2D eigenvalue weighted by Crippen LogP contribution is -2.50. The number of anilines is 1. The lowest BCUT2D eigenvalue weighted by Gasteiger charge is -2.38. The average molecular weight is 382 g/mol. The predicted molar refractivity (Wildman–Crippen MR) is 109 cm³/mol. The van der Waals surface area contributed by atoms with E-state index in [1.807, 2.05) is 24.0 Å². The zero-order valence-electron chi connectivity index (χ0n) is 16.3. The van der Waals surface area contributed by atoms with Crippen LogP contribution in [0, 0.1) is 23.0 Å². The molecule has 1 amide bonds. The third-order valence-electron chi connectivity index (χ3n) is 6.01. The molecule has 4 rings (SSSR count). The van der Waals surface area contributed by atoms with Crippen molar-refractivity contribution in [3.63, 3.8) is 0 Å². The number of carbonyl (C=O) groups is 1. The number of rotatable bonds is 3. The molecule has 2 fully saturated rings. The van der Waals surface area contributed by atoms with Gasteiger partial charge in [-0.1, -0.05) is 31.4 Å². The van der Waals surface area contributed by atoms with Crippen LogP contribution in [0.5, 0.6) is 0 Å². The Morgan fingerprint density at radius 1 is 1.14 bits per heavy atom. The molecule has 1 saturated heterocycles. The molecule has 2 aromatic rings. The molecular formula is C21H26N4O3. The first-order valence-electron chi connectivity index (χ1n) is 10.1. The zero-order valence-corrected chi connectivity index (χ0v) is 16.3. The number of aromatic nitrogens is 1. The molecule has 0 N–H and O–H groups in total. The van der Waals surface area contributed by atoms with E-state index in [0.29, 0.717) is 24.5 Å². The highest BCUT2D eigenvalue weighted by Gasteiger charge is 2.29. The SMILES string of the molecule is Cc1cc(N2CCN(C(=O)C3CCCCC3)CC2)c2cccc([N+](=O)[O-])c2n1. The van der Waals surface area contributed by atoms with Crippen LogP contribution in [0.4, 0.5) is 11.4 Å². The Morgan fingerprint density at radius 2 is 1.86 bits per heavy atom. The van der Waals surface area contributed by atoms with Gasteiger partial charge in [0.1, 0.15) is 0 Å². The highest BCUT2D eigenvalue weighted by Crippen LogP contribution is 2.33. The molecule has 28 heavy (non-hydrogen) atoms. The fraction of sp³-hybridized carbons (Fsp3) is 0.524. The van der Waals surface area contributed by atoms with Crippen molar-refractivity contribution in [3.05, 3.63) is 40.1 Å². The second kappa shape index (κ2) is 7.73. The third kappa shape index (κ3) is 3.53. The molecule has 1 saturated carbocycles. The molecule has 2 heterocycles. The standard InChI is InChI=1S/C21H26N4O3/c1-15-14-19(17-8-5-9-18(25(27)28)20(17)22-15)23-10-12-24(13-11-23)21(26)16-6-3-2-4-7-16/h5,8-9,14,16H,2-4,6-7,10-13H2,1H3. The average Bonchev–Trinajstić information content (AvgIpc) is 2.73. The highest BCUT2D eigenvalue weighted by atomic mass is 16.6. The third-order valence-corrected chi connectivity index (χ3v) is 6.01. The molecule has 1 aromatic heterocycles. The molecule has 0 atom stereocenters. The molecule has 1 aliphatic carbocycles. The van der Waals surface area contributed by atoms with Gasteiger partial charge in [0.25, 0.3) is 5.69 Å². The van der Waals surface area contributed by atoms with Gasteiger partial charge < -0.3 is 9.80 Å². The van der Waals surface area contributed by atoms with Crippen LogP contribution in [0.25, 0.3) is 10.9 Å². The number of nitro groups is 1. The number of hydrogen-bond donors (Lipinski definition) is 0. The van der Waals surface area contributed by atoms with Crippen LogP contribution >= 0.6 is 0 Å². The molecule has 1 aromatic carbocycles. The second-order valence-electron chi connectivity index (χ2n) is 7.86. The van der Waals surface area contributed by atoms with E-state index in [9.17, 15) is 14.9 Å². The van der Waals surface area contributed by atoms with Crippen molar-refractivity contribution in [1.82, 2.24) is 9.88 Å². The maximum Gasteiger partial charge on any atom is 0.295 e. The molecule has 0 unspecified atom stereocenters. The Morgan fingerprint density at radius 3 is 2.54 bits per heavy atom. The van der Waals surface area contributed by atoms with Crippen LogP contribution in [0.3, 0.4) is 0 Å². The lowest BCUT2D eigenvalue weighted by molar-refractivity contribution is -0.383. The van der Waals surface area contributed by atoms with Crippen LogP contribution in [0.2, 0.25) is 0 Å². The molecular weight excluding hydrogens is 356 g/mol. The molecule has 7 heteroatoms. The number of hydrogen-bond acceptors (Lipinski definition) is 5. The van der Waals surface area contributed by atoms with Crippen LogP contribution in [0.15, 0.2) is 24.3 Å². The Kier molecular flexibility index (Phi) is 5.15. The van der Waals surface area contributed by atoms with E-state index in [1.165, 1.54) is 12.5 Å². The van der Waals surface area contributed by atoms with Crippen LogP contribution in [-0.2, 0) is 4.79 Å². The predicted octanol–water partition coefficient (Wildman–Crippen LogP) is 3.68. The number of amides is 1. The largest absolute Gasteiger partial charge is 0.367 e. The summed E-state index contributed by atoms with van der Waals surface area (Å²) in [6, 6.07) is 7.09. The summed E-state index contributed by atoms with van der Waals surface area (Å²) in [7, 11) is 0. The van der Waals surface area contributed by atoms with Crippen LogP contribution < -0.4 is 4.90 Å². The maximum atomic E-state index is 12.8. The smallest absolute Gasteiger partial charge is 0.295 e. The van der Waals surface area contributed by atoms with Crippen LogP contribution in [-0.4, -0.2) is 46.9 Å². The van der Waals surface area contributed by atoms with Crippen LogP contribution in [0.1, 0.15) is 37.8 Å². The Hall–Kier alpha value is -2.70. The number of non-ortho nitro benzene ring substituents is 1. The van der Waals surface area contributed by atoms with Gasteiger partial charge in [-0.05, 0) is 25.8 Å². The van der Waals surface area contributed by atoms with Gasteiger partial charge in [-0.3, -0.25) is 14.9 Å². The van der Waals surface area contributed by atoms with E-state index in [1.54, 1.807) is 6.07 Å². The minimum atomic E-state index is -0.376. The summed E-state index contributed by atoms with van der Waals surface area (Å²) in [4.78, 5) is 32.5. The first-order valence-corrected chi connectivity index (χ1v) is 10.1. The number of pyridine rings is 1. The van der Waals surface area contributed by atoms with E-state index in [4.69, 9.17) is 0 Å². The minimum absolute atomic E-state index is 0.0357. The first-order chi connectivity index (χ1) is 13.5. The van der Waals surface area contributed by atoms with Crippen molar-refractivity contribution < 1.29 is 9.72 Å². The molecule has 0 radical (unpaired) electrons. The number of benzene rings is 1. The quantitative estimate of drug-likeness (QED) is 0.598. The molecule has 0 bridgehead atoms. The summed E-state index contributed by atoms with van der Waals surface area (Å²) in [5, 5.41) is 12.2. The van der Waals surface area contributed by atoms with Gasteiger partial charge in [-0.15, -0.1) is 0 Å². The minimum Gasteiger partial charge on any atom is -0.367 e. The normalized spacial score (nSPS) is 18.5. The second-order valence-corrected chi connectivity index (χ2v) is 7.86. The summed E-state index contributed by atoms with van der Waals surface area (Å²) in [6.45, 7) is 4.74. The van der Waals surface area contributed by atoms with Crippen molar-refractivity contribution in [2.24, 2.45) is 5.92 Å². The highest BCUT2D eigenvalue weighted by molar-refractivity contribution is 5.97. The number of carbonyl (C=O) groups excluding carboxylic acids is 1. The van der Waals surface area contributed by atoms with E-state index >= 15 is 0 Å². The zero-order chi connectivity index (χ0) is 19.7. The Bertz CT molecular complexity index is 900. The Balaban J connectivity index is 1.55. The molecule has 148 valence electrons. The summed E-state index contributed by atoms with van der Waals surface area (Å²) < 4.78 is 0. The van der Waals surface area contributed by atoms with Crippen molar-refractivity contribution in [2.75, 3.05) is 31.1 Å². The summed E-state index contributed by atoms with van der Waals surface area (Å²) in [6.07, 6.45) is 5.63. The van der Waals surface area contributed by atoms with E-state index in [2.05, 4.69) is 9.88 Å². The fourth-order valence-corrected chi connectivity index (χ4v) is 4.52. The van der Waals surface area contributed by atoms with Gasteiger partial charge >= 0.3 is 0 Å². The van der Waals surface area contributed by atoms with Gasteiger partial charge in [0.2, 0.25) is 5.91 Å². The Labute approximate surface area is 164 Å². The van der Waals surface area contributed by atoms with Crippen molar-refractivity contribution in [1.29, 1.82) is 0 Å². The topological polar surface area (TPSA) is 79.6 Å². The molecule has 1 aliphatic heterocycles. The summed E-state index contributed by atoms with van der Waals surface area (Å²) in [5.74, 6) is 0.512. The van der Waals surface area contributed by atoms with E-state index in [-0.39, 0.29) is 16.5 Å². The molecule has 7 nitrogen and oxygen atoms in total. The summed E-state index contributed by atoms with van der Waals surface area (Å²) >= 11 is 0. The fourth-order valence-electron chi connectivity index (χ4n) is 4.52. The number of nitrogens with zero attached hydrogens (tertiary/aromatic N) is 4.